The standard InChI is InChI=1S/C11H11BrClN3/c1-3-8-6-9(12)4-5-10(8)16-7(2)14-15-11(16)13/h4-6H,3H2,1-2H3. The second kappa shape index (κ2) is 4.55. The molecule has 16 heavy (non-hydrogen) atoms. The van der Waals surface area contributed by atoms with Crippen molar-refractivity contribution in [3.8, 4) is 5.69 Å². The van der Waals surface area contributed by atoms with Gasteiger partial charge in [0.2, 0.25) is 5.28 Å². The van der Waals surface area contributed by atoms with Gasteiger partial charge >= 0.3 is 0 Å². The average Bonchev–Trinajstić information content (AvgIpc) is 2.59. The van der Waals surface area contributed by atoms with Gasteiger partial charge in [-0.25, -0.2) is 0 Å². The Balaban J connectivity index is 2.64. The van der Waals surface area contributed by atoms with Gasteiger partial charge in [-0.15, -0.1) is 10.2 Å². The summed E-state index contributed by atoms with van der Waals surface area (Å²) < 4.78 is 2.92. The molecule has 1 aromatic carbocycles. The van der Waals surface area contributed by atoms with E-state index in [4.69, 9.17) is 11.6 Å². The highest BCUT2D eigenvalue weighted by atomic mass is 79.9. The molecule has 0 saturated carbocycles. The minimum absolute atomic E-state index is 0.398. The monoisotopic (exact) mass is 299 g/mol. The van der Waals surface area contributed by atoms with E-state index in [-0.39, 0.29) is 0 Å². The minimum atomic E-state index is 0.398. The highest BCUT2D eigenvalue weighted by Gasteiger charge is 2.11. The lowest BCUT2D eigenvalue weighted by Gasteiger charge is -2.11. The highest BCUT2D eigenvalue weighted by Crippen LogP contribution is 2.24. The first kappa shape index (κ1) is 11.6. The maximum Gasteiger partial charge on any atom is 0.229 e. The number of benzene rings is 1. The number of rotatable bonds is 2. The molecule has 0 bridgehead atoms. The van der Waals surface area contributed by atoms with Gasteiger partial charge in [0, 0.05) is 4.47 Å². The van der Waals surface area contributed by atoms with E-state index in [2.05, 4.69) is 39.1 Å². The number of aromatic nitrogens is 3. The zero-order chi connectivity index (χ0) is 11.7. The van der Waals surface area contributed by atoms with Gasteiger partial charge in [0.15, 0.2) is 0 Å². The van der Waals surface area contributed by atoms with Crippen molar-refractivity contribution in [2.45, 2.75) is 20.3 Å². The SMILES string of the molecule is CCc1cc(Br)ccc1-n1c(C)nnc1Cl. The summed E-state index contributed by atoms with van der Waals surface area (Å²) in [5.74, 6) is 0.794. The molecule has 0 aliphatic carbocycles. The molecule has 0 aliphatic heterocycles. The van der Waals surface area contributed by atoms with Crippen LogP contribution in [0.5, 0.6) is 0 Å². The number of nitrogens with zero attached hydrogens (tertiary/aromatic N) is 3. The van der Waals surface area contributed by atoms with Gasteiger partial charge in [-0.3, -0.25) is 4.57 Å². The molecule has 0 fully saturated rings. The largest absolute Gasteiger partial charge is 0.270 e. The number of aryl methyl sites for hydroxylation is 2. The molecule has 0 saturated heterocycles. The molecule has 0 aliphatic rings. The Morgan fingerprint density at radius 1 is 1.38 bits per heavy atom. The Bertz CT molecular complexity index is 502. The van der Waals surface area contributed by atoms with Gasteiger partial charge in [0.1, 0.15) is 5.82 Å². The van der Waals surface area contributed by atoms with Crippen molar-refractivity contribution in [3.63, 3.8) is 0 Å². The molecular weight excluding hydrogens is 289 g/mol. The predicted octanol–water partition coefficient (Wildman–Crippen LogP) is 3.55. The molecule has 2 aromatic rings. The summed E-state index contributed by atoms with van der Waals surface area (Å²) in [4.78, 5) is 0. The van der Waals surface area contributed by atoms with E-state index in [1.54, 1.807) is 0 Å². The lowest BCUT2D eigenvalue weighted by atomic mass is 10.1. The number of hydrogen-bond donors (Lipinski definition) is 0. The maximum absolute atomic E-state index is 6.03. The highest BCUT2D eigenvalue weighted by molar-refractivity contribution is 9.10. The molecule has 1 heterocycles. The van der Waals surface area contributed by atoms with Crippen molar-refractivity contribution in [2.75, 3.05) is 0 Å². The zero-order valence-electron chi connectivity index (χ0n) is 9.04. The minimum Gasteiger partial charge on any atom is -0.270 e. The molecule has 2 rings (SSSR count). The third-order valence-electron chi connectivity index (χ3n) is 2.45. The van der Waals surface area contributed by atoms with E-state index in [1.165, 1.54) is 5.56 Å². The normalized spacial score (nSPS) is 10.8. The van der Waals surface area contributed by atoms with Crippen LogP contribution in [0.25, 0.3) is 5.69 Å². The van der Waals surface area contributed by atoms with Gasteiger partial charge in [-0.2, -0.15) is 0 Å². The molecule has 0 spiro atoms. The lowest BCUT2D eigenvalue weighted by Crippen LogP contribution is -2.01. The van der Waals surface area contributed by atoms with Crippen LogP contribution in [0.4, 0.5) is 0 Å². The van der Waals surface area contributed by atoms with Crippen LogP contribution in [0.1, 0.15) is 18.3 Å². The fourth-order valence-corrected chi connectivity index (χ4v) is 2.33. The van der Waals surface area contributed by atoms with E-state index in [9.17, 15) is 0 Å². The van der Waals surface area contributed by atoms with E-state index >= 15 is 0 Å². The summed E-state index contributed by atoms with van der Waals surface area (Å²) >= 11 is 9.49. The third kappa shape index (κ3) is 1.99. The van der Waals surface area contributed by atoms with E-state index in [0.29, 0.717) is 5.28 Å². The van der Waals surface area contributed by atoms with Gasteiger partial charge in [-0.1, -0.05) is 22.9 Å². The average molecular weight is 301 g/mol. The van der Waals surface area contributed by atoms with Gasteiger partial charge in [0.05, 0.1) is 5.69 Å². The van der Waals surface area contributed by atoms with Crippen molar-refractivity contribution < 1.29 is 0 Å². The van der Waals surface area contributed by atoms with Crippen LogP contribution in [0.3, 0.4) is 0 Å². The number of halogens is 2. The Labute approximate surface area is 108 Å². The van der Waals surface area contributed by atoms with Crippen molar-refractivity contribution in [1.82, 2.24) is 14.8 Å². The van der Waals surface area contributed by atoms with Crippen LogP contribution < -0.4 is 0 Å². The third-order valence-corrected chi connectivity index (χ3v) is 3.19. The molecule has 0 N–H and O–H groups in total. The Morgan fingerprint density at radius 2 is 2.12 bits per heavy atom. The van der Waals surface area contributed by atoms with E-state index in [1.807, 2.05) is 23.6 Å². The smallest absolute Gasteiger partial charge is 0.229 e. The van der Waals surface area contributed by atoms with E-state index in [0.717, 1.165) is 22.4 Å². The van der Waals surface area contributed by atoms with Crippen LogP contribution >= 0.6 is 27.5 Å². The van der Waals surface area contributed by atoms with Gasteiger partial charge < -0.3 is 0 Å². The maximum atomic E-state index is 6.03. The molecule has 1 aromatic heterocycles. The molecule has 0 radical (unpaired) electrons. The topological polar surface area (TPSA) is 30.7 Å². The summed E-state index contributed by atoms with van der Waals surface area (Å²) in [5, 5.41) is 8.21. The van der Waals surface area contributed by atoms with Crippen LogP contribution in [-0.2, 0) is 6.42 Å². The second-order valence-electron chi connectivity index (χ2n) is 3.48. The van der Waals surface area contributed by atoms with Crippen molar-refractivity contribution in [3.05, 3.63) is 39.3 Å². The molecule has 0 unspecified atom stereocenters. The van der Waals surface area contributed by atoms with E-state index < -0.39 is 0 Å². The Morgan fingerprint density at radius 3 is 2.69 bits per heavy atom. The zero-order valence-corrected chi connectivity index (χ0v) is 11.4. The summed E-state index contributed by atoms with van der Waals surface area (Å²) in [6.45, 7) is 4.00. The van der Waals surface area contributed by atoms with Crippen molar-refractivity contribution in [1.29, 1.82) is 0 Å². The van der Waals surface area contributed by atoms with Crippen LogP contribution in [0.15, 0.2) is 22.7 Å². The van der Waals surface area contributed by atoms with Gasteiger partial charge in [0.25, 0.3) is 0 Å². The first-order valence-electron chi connectivity index (χ1n) is 4.99. The molecule has 3 nitrogen and oxygen atoms in total. The van der Waals surface area contributed by atoms with Crippen LogP contribution in [0, 0.1) is 6.92 Å². The Hall–Kier alpha value is -0.870. The molecular formula is C11H11BrClN3. The van der Waals surface area contributed by atoms with Crippen molar-refractivity contribution in [2.24, 2.45) is 0 Å². The number of hydrogen-bond acceptors (Lipinski definition) is 2. The summed E-state index contributed by atoms with van der Waals surface area (Å²) in [5.41, 5.74) is 2.25. The quantitative estimate of drug-likeness (QED) is 0.849. The van der Waals surface area contributed by atoms with Crippen LogP contribution in [0.2, 0.25) is 5.28 Å². The lowest BCUT2D eigenvalue weighted by molar-refractivity contribution is 0.944. The summed E-state index contributed by atoms with van der Waals surface area (Å²) in [6.07, 6.45) is 0.933. The molecule has 84 valence electrons. The fraction of sp³-hybridized carbons (Fsp3) is 0.273. The second-order valence-corrected chi connectivity index (χ2v) is 4.73. The first-order chi connectivity index (χ1) is 7.63. The summed E-state index contributed by atoms with van der Waals surface area (Å²) in [7, 11) is 0. The summed E-state index contributed by atoms with van der Waals surface area (Å²) in [6, 6.07) is 6.10. The Kier molecular flexibility index (Phi) is 3.30. The fourth-order valence-electron chi connectivity index (χ4n) is 1.67. The molecule has 0 amide bonds. The molecule has 5 heteroatoms. The van der Waals surface area contributed by atoms with Crippen LogP contribution in [-0.4, -0.2) is 14.8 Å². The predicted molar refractivity (Wildman–Crippen MR) is 68.2 cm³/mol. The van der Waals surface area contributed by atoms with Gasteiger partial charge in [-0.05, 0) is 48.7 Å². The first-order valence-corrected chi connectivity index (χ1v) is 6.17. The van der Waals surface area contributed by atoms with Crippen molar-refractivity contribution >= 4 is 27.5 Å². The molecule has 0 atom stereocenters.